The first kappa shape index (κ1) is 15.4. The van der Waals surface area contributed by atoms with Crippen LogP contribution in [-0.2, 0) is 4.74 Å². The third-order valence-electron chi connectivity index (χ3n) is 3.50. The van der Waals surface area contributed by atoms with Crippen molar-refractivity contribution in [3.05, 3.63) is 64.9 Å². The van der Waals surface area contributed by atoms with Crippen molar-refractivity contribution >= 4 is 29.6 Å². The van der Waals surface area contributed by atoms with Gasteiger partial charge in [0.25, 0.3) is 0 Å². The summed E-state index contributed by atoms with van der Waals surface area (Å²) in [7, 11) is 1.30. The second-order valence-corrected chi connectivity index (χ2v) is 5.80. The van der Waals surface area contributed by atoms with Gasteiger partial charge in [-0.1, -0.05) is 12.1 Å². The molecule has 4 nitrogen and oxygen atoms in total. The number of methoxy groups -OCH3 is 1. The Hall–Kier alpha value is -2.53. The number of allylic oxidation sites excluding steroid dienone is 1. The van der Waals surface area contributed by atoms with Crippen LogP contribution >= 0.6 is 11.8 Å². The minimum Gasteiger partial charge on any atom is -0.465 e. The van der Waals surface area contributed by atoms with Crippen molar-refractivity contribution in [3.8, 4) is 5.75 Å². The molecule has 2 aromatic carbocycles. The maximum atomic E-state index is 12.4. The molecule has 0 aromatic heterocycles. The van der Waals surface area contributed by atoms with Crippen LogP contribution in [0.25, 0.3) is 6.08 Å². The molecule has 1 aliphatic heterocycles. The number of rotatable bonds is 3. The standard InChI is InChI=1S/C18H14O4S/c1-21-18(20)12-5-8-15-14(10-12)17(19)16(22-15)9-11-3-6-13(23-2)7-4-11/h3-10H,1-2H3/b16-9-. The van der Waals surface area contributed by atoms with Crippen molar-refractivity contribution in [2.45, 2.75) is 4.90 Å². The molecule has 1 heterocycles. The van der Waals surface area contributed by atoms with Crippen LogP contribution in [0.4, 0.5) is 0 Å². The van der Waals surface area contributed by atoms with E-state index in [0.29, 0.717) is 16.9 Å². The van der Waals surface area contributed by atoms with Crippen molar-refractivity contribution < 1.29 is 19.1 Å². The highest BCUT2D eigenvalue weighted by Crippen LogP contribution is 2.32. The maximum absolute atomic E-state index is 12.4. The summed E-state index contributed by atoms with van der Waals surface area (Å²) in [6, 6.07) is 12.5. The molecule has 0 fully saturated rings. The van der Waals surface area contributed by atoms with Gasteiger partial charge >= 0.3 is 5.97 Å². The number of esters is 1. The Labute approximate surface area is 138 Å². The van der Waals surface area contributed by atoms with E-state index in [4.69, 9.17) is 4.74 Å². The number of Topliss-reactive ketones (excluding diaryl/α,β-unsaturated/α-hetero) is 1. The molecule has 0 saturated heterocycles. The average Bonchev–Trinajstić information content (AvgIpc) is 2.90. The molecule has 0 radical (unpaired) electrons. The molecule has 5 heteroatoms. The SMILES string of the molecule is COC(=O)c1ccc2c(c1)C(=O)/C(=C/c1ccc(SC)cc1)O2. The Balaban J connectivity index is 1.90. The first-order valence-electron chi connectivity index (χ1n) is 6.93. The van der Waals surface area contributed by atoms with E-state index in [-0.39, 0.29) is 11.5 Å². The number of benzene rings is 2. The van der Waals surface area contributed by atoms with Gasteiger partial charge in [0.05, 0.1) is 18.2 Å². The smallest absolute Gasteiger partial charge is 0.337 e. The van der Waals surface area contributed by atoms with E-state index >= 15 is 0 Å². The van der Waals surface area contributed by atoms with Crippen molar-refractivity contribution in [2.75, 3.05) is 13.4 Å². The van der Waals surface area contributed by atoms with Crippen LogP contribution in [0.2, 0.25) is 0 Å². The van der Waals surface area contributed by atoms with Gasteiger partial charge in [0.15, 0.2) is 5.76 Å². The number of carbonyl (C=O) groups is 2. The highest BCUT2D eigenvalue weighted by Gasteiger charge is 2.28. The first-order chi connectivity index (χ1) is 11.1. The van der Waals surface area contributed by atoms with Crippen molar-refractivity contribution in [1.82, 2.24) is 0 Å². The maximum Gasteiger partial charge on any atom is 0.337 e. The molecule has 0 amide bonds. The lowest BCUT2D eigenvalue weighted by Gasteiger charge is -2.01. The second-order valence-electron chi connectivity index (χ2n) is 4.92. The zero-order valence-electron chi connectivity index (χ0n) is 12.7. The highest BCUT2D eigenvalue weighted by molar-refractivity contribution is 7.98. The third-order valence-corrected chi connectivity index (χ3v) is 4.25. The van der Waals surface area contributed by atoms with E-state index in [0.717, 1.165) is 10.5 Å². The zero-order chi connectivity index (χ0) is 16.4. The first-order valence-corrected chi connectivity index (χ1v) is 8.15. The molecule has 23 heavy (non-hydrogen) atoms. The van der Waals surface area contributed by atoms with Gasteiger partial charge in [0, 0.05) is 4.90 Å². The molecular weight excluding hydrogens is 312 g/mol. The predicted octanol–water partition coefficient (Wildman–Crippen LogP) is 3.81. The van der Waals surface area contributed by atoms with Gasteiger partial charge in [0.2, 0.25) is 5.78 Å². The number of ether oxygens (including phenoxy) is 2. The summed E-state index contributed by atoms with van der Waals surface area (Å²) < 4.78 is 10.3. The fraction of sp³-hybridized carbons (Fsp3) is 0.111. The van der Waals surface area contributed by atoms with Gasteiger partial charge in [-0.25, -0.2) is 4.79 Å². The van der Waals surface area contributed by atoms with E-state index in [1.165, 1.54) is 13.2 Å². The quantitative estimate of drug-likeness (QED) is 0.488. The lowest BCUT2D eigenvalue weighted by Crippen LogP contribution is -2.02. The van der Waals surface area contributed by atoms with Gasteiger partial charge in [-0.15, -0.1) is 11.8 Å². The monoisotopic (exact) mass is 326 g/mol. The summed E-state index contributed by atoms with van der Waals surface area (Å²) >= 11 is 1.65. The van der Waals surface area contributed by atoms with Crippen LogP contribution in [0.3, 0.4) is 0 Å². The highest BCUT2D eigenvalue weighted by atomic mass is 32.2. The number of thioether (sulfide) groups is 1. The number of fused-ring (bicyclic) bond motifs is 1. The Bertz CT molecular complexity index is 806. The summed E-state index contributed by atoms with van der Waals surface area (Å²) in [5.41, 5.74) is 1.58. The van der Waals surface area contributed by atoms with Crippen LogP contribution in [0, 0.1) is 0 Å². The van der Waals surface area contributed by atoms with E-state index in [2.05, 4.69) is 4.74 Å². The Kier molecular flexibility index (Phi) is 4.21. The molecule has 0 bridgehead atoms. The Morgan fingerprint density at radius 2 is 1.91 bits per heavy atom. The topological polar surface area (TPSA) is 52.6 Å². The van der Waals surface area contributed by atoms with Crippen LogP contribution in [0.1, 0.15) is 26.3 Å². The van der Waals surface area contributed by atoms with Crippen LogP contribution in [0.5, 0.6) is 5.75 Å². The minimum atomic E-state index is -0.481. The molecule has 0 spiro atoms. The van der Waals surface area contributed by atoms with E-state index in [1.54, 1.807) is 30.0 Å². The van der Waals surface area contributed by atoms with Gasteiger partial charge in [-0.05, 0) is 48.2 Å². The molecule has 3 rings (SSSR count). The molecule has 0 unspecified atom stereocenters. The fourth-order valence-corrected chi connectivity index (χ4v) is 2.69. The molecule has 0 saturated carbocycles. The second kappa shape index (κ2) is 6.30. The van der Waals surface area contributed by atoms with Crippen molar-refractivity contribution in [1.29, 1.82) is 0 Å². The van der Waals surface area contributed by atoms with Crippen molar-refractivity contribution in [3.63, 3.8) is 0 Å². The number of hydrogen-bond acceptors (Lipinski definition) is 5. The minimum absolute atomic E-state index is 0.236. The Morgan fingerprint density at radius 3 is 2.57 bits per heavy atom. The average molecular weight is 326 g/mol. The molecular formula is C18H14O4S. The summed E-state index contributed by atoms with van der Waals surface area (Å²) in [5, 5.41) is 0. The summed E-state index contributed by atoms with van der Waals surface area (Å²) in [5.74, 6) is -0.0149. The number of hydrogen-bond donors (Lipinski definition) is 0. The summed E-state index contributed by atoms with van der Waals surface area (Å²) in [6.45, 7) is 0. The largest absolute Gasteiger partial charge is 0.465 e. The molecule has 1 aliphatic rings. The lowest BCUT2D eigenvalue weighted by molar-refractivity contribution is 0.0600. The molecule has 0 atom stereocenters. The van der Waals surface area contributed by atoms with Crippen LogP contribution in [0.15, 0.2) is 53.1 Å². The number of ketones is 1. The van der Waals surface area contributed by atoms with Gasteiger partial charge in [0.1, 0.15) is 5.75 Å². The lowest BCUT2D eigenvalue weighted by atomic mass is 10.1. The molecule has 116 valence electrons. The summed E-state index contributed by atoms with van der Waals surface area (Å²) in [4.78, 5) is 25.1. The van der Waals surface area contributed by atoms with Gasteiger partial charge < -0.3 is 9.47 Å². The zero-order valence-corrected chi connectivity index (χ0v) is 13.5. The van der Waals surface area contributed by atoms with Gasteiger partial charge in [-0.3, -0.25) is 4.79 Å². The molecule has 0 N–H and O–H groups in total. The summed E-state index contributed by atoms with van der Waals surface area (Å²) in [6.07, 6.45) is 3.71. The predicted molar refractivity (Wildman–Crippen MR) is 88.9 cm³/mol. The fourth-order valence-electron chi connectivity index (χ4n) is 2.29. The van der Waals surface area contributed by atoms with E-state index in [1.807, 2.05) is 30.5 Å². The molecule has 0 aliphatic carbocycles. The van der Waals surface area contributed by atoms with E-state index in [9.17, 15) is 9.59 Å². The Morgan fingerprint density at radius 1 is 1.17 bits per heavy atom. The van der Waals surface area contributed by atoms with Crippen molar-refractivity contribution in [2.24, 2.45) is 0 Å². The van der Waals surface area contributed by atoms with Crippen LogP contribution in [-0.4, -0.2) is 25.1 Å². The van der Waals surface area contributed by atoms with E-state index < -0.39 is 5.97 Å². The normalized spacial score (nSPS) is 14.5. The third kappa shape index (κ3) is 3.00. The number of carbonyl (C=O) groups excluding carboxylic acids is 2. The molecule has 2 aromatic rings. The van der Waals surface area contributed by atoms with Gasteiger partial charge in [-0.2, -0.15) is 0 Å². The van der Waals surface area contributed by atoms with Crippen LogP contribution < -0.4 is 4.74 Å².